The zero-order valence-electron chi connectivity index (χ0n) is 21.2. The van der Waals surface area contributed by atoms with Gasteiger partial charge in [0.1, 0.15) is 17.8 Å². The molecule has 0 bridgehead atoms. The third-order valence-corrected chi connectivity index (χ3v) is 4.59. The number of carbonyl (C=O) groups excluding carboxylic acids is 3. The number of Topliss-reactive ketones (excluding diaryl/α,β-unsaturated/α-hetero) is 1. The van der Waals surface area contributed by atoms with Crippen molar-refractivity contribution >= 4 is 17.7 Å². The maximum atomic E-state index is 12.6. The maximum absolute atomic E-state index is 12.6. The van der Waals surface area contributed by atoms with Gasteiger partial charge >= 0.3 is 18.1 Å². The van der Waals surface area contributed by atoms with Crippen LogP contribution in [0, 0.1) is 5.41 Å². The molecule has 0 aliphatic rings. The van der Waals surface area contributed by atoms with Gasteiger partial charge in [-0.25, -0.2) is 14.5 Å². The first-order valence-electron chi connectivity index (χ1n) is 10.8. The van der Waals surface area contributed by atoms with Crippen molar-refractivity contribution in [3.63, 3.8) is 0 Å². The average molecular weight is 500 g/mol. The van der Waals surface area contributed by atoms with Gasteiger partial charge in [0.25, 0.3) is 0 Å². The Kier molecular flexibility index (Phi) is 9.75. The average Bonchev–Trinajstić information content (AvgIpc) is 3.19. The number of hydrogen-bond donors (Lipinski definition) is 0. The Labute approximate surface area is 202 Å². The summed E-state index contributed by atoms with van der Waals surface area (Å²) in [4.78, 5) is 37.7. The smallest absolute Gasteiger partial charge is 0.417 e. The van der Waals surface area contributed by atoms with E-state index in [2.05, 4.69) is 14.8 Å². The fourth-order valence-electron chi connectivity index (χ4n) is 2.60. The lowest BCUT2D eigenvalue weighted by Gasteiger charge is -2.16. The molecule has 0 aromatic carbocycles. The van der Waals surface area contributed by atoms with Crippen molar-refractivity contribution in [1.82, 2.24) is 14.8 Å². The number of esters is 2. The lowest BCUT2D eigenvalue weighted by molar-refractivity contribution is -0.147. The van der Waals surface area contributed by atoms with E-state index in [4.69, 9.17) is 4.74 Å². The van der Waals surface area contributed by atoms with Crippen molar-refractivity contribution in [2.24, 2.45) is 5.41 Å². The summed E-state index contributed by atoms with van der Waals surface area (Å²) in [7, 11) is 1.25. The molecule has 0 saturated carbocycles. The van der Waals surface area contributed by atoms with E-state index in [1.54, 1.807) is 27.7 Å². The lowest BCUT2D eigenvalue weighted by Crippen LogP contribution is -2.23. The first kappa shape index (κ1) is 29.8. The van der Waals surface area contributed by atoms with Gasteiger partial charge in [0, 0.05) is 23.2 Å². The van der Waals surface area contributed by atoms with Crippen LogP contribution in [0.4, 0.5) is 13.2 Å². The second kappa shape index (κ2) is 11.5. The molecule has 0 saturated heterocycles. The zero-order valence-corrected chi connectivity index (χ0v) is 21.2. The van der Waals surface area contributed by atoms with Crippen molar-refractivity contribution in [1.29, 1.82) is 0 Å². The van der Waals surface area contributed by atoms with E-state index in [9.17, 15) is 27.6 Å². The molecule has 0 aliphatic carbocycles. The second-order valence-electron chi connectivity index (χ2n) is 9.64. The van der Waals surface area contributed by atoms with Crippen molar-refractivity contribution in [3.05, 3.63) is 41.3 Å². The summed E-state index contributed by atoms with van der Waals surface area (Å²) in [5, 5.41) is 4.28. The number of halogens is 3. The van der Waals surface area contributed by atoms with Crippen LogP contribution in [0.25, 0.3) is 5.82 Å². The van der Waals surface area contributed by atoms with E-state index in [1.165, 1.54) is 24.1 Å². The Hall–Kier alpha value is -3.24. The Morgan fingerprint density at radius 3 is 2.03 bits per heavy atom. The van der Waals surface area contributed by atoms with Gasteiger partial charge < -0.3 is 9.47 Å². The number of ketones is 1. The summed E-state index contributed by atoms with van der Waals surface area (Å²) >= 11 is 0. The lowest BCUT2D eigenvalue weighted by atomic mass is 9.89. The molecule has 0 N–H and O–H groups in total. The number of nitrogens with zero attached hydrogens (tertiary/aromatic N) is 3. The van der Waals surface area contributed by atoms with Crippen LogP contribution in [0.5, 0.6) is 0 Å². The number of ether oxygens (including phenoxy) is 2. The molecule has 11 heteroatoms. The highest BCUT2D eigenvalue weighted by Crippen LogP contribution is 2.29. The third-order valence-electron chi connectivity index (χ3n) is 4.59. The predicted molar refractivity (Wildman–Crippen MR) is 122 cm³/mol. The third kappa shape index (κ3) is 8.80. The van der Waals surface area contributed by atoms with Gasteiger partial charge in [-0.15, -0.1) is 0 Å². The minimum absolute atomic E-state index is 0.0825. The largest absolute Gasteiger partial charge is 0.466 e. The molecule has 0 spiro atoms. The fourth-order valence-corrected chi connectivity index (χ4v) is 2.60. The van der Waals surface area contributed by atoms with Crippen molar-refractivity contribution in [3.8, 4) is 5.82 Å². The highest BCUT2D eigenvalue weighted by atomic mass is 19.4. The minimum Gasteiger partial charge on any atom is -0.466 e. The summed E-state index contributed by atoms with van der Waals surface area (Å²) < 4.78 is 48.4. The Bertz CT molecular complexity index is 1030. The fraction of sp³-hybridized carbons (Fsp3) is 0.542. The maximum Gasteiger partial charge on any atom is 0.417 e. The van der Waals surface area contributed by atoms with Crippen LogP contribution >= 0.6 is 0 Å². The molecule has 35 heavy (non-hydrogen) atoms. The van der Waals surface area contributed by atoms with Gasteiger partial charge in [-0.3, -0.25) is 9.59 Å². The highest BCUT2D eigenvalue weighted by Gasteiger charge is 2.31. The van der Waals surface area contributed by atoms with E-state index in [-0.39, 0.29) is 23.6 Å². The topological polar surface area (TPSA) is 100 Å². The van der Waals surface area contributed by atoms with Crippen LogP contribution in [0.15, 0.2) is 24.5 Å². The molecule has 2 heterocycles. The standard InChI is InChI=1S/C15H16F3N3O2.C9H16O3/c1-14(2,3)12-10(13(22)23-4)8-21(20-12)11-6-5-9(7-19-11)15(16,17)18;1-5-12-8(11)6-7(10)9(2,3)4/h5-8H,1-4H3;5-6H2,1-4H3. The van der Waals surface area contributed by atoms with Crippen LogP contribution in [0.3, 0.4) is 0 Å². The SMILES string of the molecule is CCOC(=O)CC(=O)C(C)(C)C.COC(=O)c1cn(-c2ccc(C(F)(F)F)cn2)nc1C(C)(C)C. The van der Waals surface area contributed by atoms with E-state index in [0.29, 0.717) is 12.3 Å². The zero-order chi connectivity index (χ0) is 27.2. The van der Waals surface area contributed by atoms with Gasteiger partial charge in [-0.2, -0.15) is 18.3 Å². The highest BCUT2D eigenvalue weighted by molar-refractivity contribution is 5.98. The molecule has 0 atom stereocenters. The van der Waals surface area contributed by atoms with Crippen LogP contribution < -0.4 is 0 Å². The van der Waals surface area contributed by atoms with Gasteiger partial charge in [-0.1, -0.05) is 41.5 Å². The minimum atomic E-state index is -4.45. The molecular formula is C24H32F3N3O5. The molecule has 8 nitrogen and oxygen atoms in total. The quantitative estimate of drug-likeness (QED) is 0.425. The summed E-state index contributed by atoms with van der Waals surface area (Å²) in [6.07, 6.45) is -2.44. The molecule has 0 amide bonds. The van der Waals surface area contributed by atoms with Gasteiger partial charge in [0.15, 0.2) is 5.82 Å². The molecular weight excluding hydrogens is 467 g/mol. The Morgan fingerprint density at radius 1 is 1.03 bits per heavy atom. The first-order valence-corrected chi connectivity index (χ1v) is 10.8. The first-order chi connectivity index (χ1) is 15.9. The summed E-state index contributed by atoms with van der Waals surface area (Å²) in [6.45, 7) is 13.0. The van der Waals surface area contributed by atoms with Crippen LogP contribution in [0.2, 0.25) is 0 Å². The number of carbonyl (C=O) groups is 3. The van der Waals surface area contributed by atoms with Crippen molar-refractivity contribution in [2.75, 3.05) is 13.7 Å². The molecule has 194 valence electrons. The second-order valence-corrected chi connectivity index (χ2v) is 9.64. The van der Waals surface area contributed by atoms with Crippen molar-refractivity contribution in [2.45, 2.75) is 66.5 Å². The van der Waals surface area contributed by atoms with E-state index >= 15 is 0 Å². The van der Waals surface area contributed by atoms with Gasteiger partial charge in [0.05, 0.1) is 25.0 Å². The molecule has 2 aromatic heterocycles. The van der Waals surface area contributed by atoms with Crippen molar-refractivity contribution < 1.29 is 37.0 Å². The van der Waals surface area contributed by atoms with Crippen LogP contribution in [-0.2, 0) is 30.7 Å². The molecule has 2 rings (SSSR count). The van der Waals surface area contributed by atoms with Gasteiger partial charge in [-0.05, 0) is 19.1 Å². The number of hydrogen-bond acceptors (Lipinski definition) is 7. The van der Waals surface area contributed by atoms with Crippen LogP contribution in [0.1, 0.15) is 76.5 Å². The normalized spacial score (nSPS) is 11.9. The predicted octanol–water partition coefficient (Wildman–Crippen LogP) is 4.93. The van der Waals surface area contributed by atoms with E-state index in [0.717, 1.165) is 12.3 Å². The van der Waals surface area contributed by atoms with Crippen LogP contribution in [-0.4, -0.2) is 46.2 Å². The van der Waals surface area contributed by atoms with Gasteiger partial charge in [0.2, 0.25) is 0 Å². The molecule has 0 fully saturated rings. The molecule has 0 aliphatic heterocycles. The summed E-state index contributed by atoms with van der Waals surface area (Å²) in [5.74, 6) is -0.898. The Morgan fingerprint density at radius 2 is 1.63 bits per heavy atom. The molecule has 0 radical (unpaired) electrons. The number of rotatable bonds is 5. The molecule has 2 aromatic rings. The summed E-state index contributed by atoms with van der Waals surface area (Å²) in [6, 6.07) is 2.11. The monoisotopic (exact) mass is 499 g/mol. The number of pyridine rings is 1. The Balaban J connectivity index is 0.000000434. The molecule has 0 unspecified atom stereocenters. The number of methoxy groups -OCH3 is 1. The summed E-state index contributed by atoms with van der Waals surface area (Å²) in [5.41, 5.74) is -1.02. The van der Waals surface area contributed by atoms with E-state index < -0.39 is 34.5 Å². The van der Waals surface area contributed by atoms with E-state index in [1.807, 2.05) is 20.8 Å². The number of alkyl halides is 3. The number of aromatic nitrogens is 3.